The van der Waals surface area contributed by atoms with Gasteiger partial charge in [0.25, 0.3) is 10.1 Å². The fourth-order valence-corrected chi connectivity index (χ4v) is 1.57. The molecule has 0 heterocycles. The third kappa shape index (κ3) is 2.72. The maximum Gasteiger partial charge on any atom is 0.294 e. The van der Waals surface area contributed by atoms with E-state index in [9.17, 15) is 8.42 Å². The van der Waals surface area contributed by atoms with Gasteiger partial charge in [-0.15, -0.1) is 0 Å². The van der Waals surface area contributed by atoms with Crippen molar-refractivity contribution in [2.75, 3.05) is 0 Å². The van der Waals surface area contributed by atoms with E-state index < -0.39 is 10.1 Å². The molecule has 1 rings (SSSR count). The van der Waals surface area contributed by atoms with Gasteiger partial charge in [0.05, 0.1) is 4.90 Å². The Morgan fingerprint density at radius 2 is 1.77 bits per heavy atom. The van der Waals surface area contributed by atoms with E-state index in [-0.39, 0.29) is 10.1 Å². The monoisotopic (exact) mass is 218 g/mol. The molecule has 0 amide bonds. The van der Waals surface area contributed by atoms with Crippen LogP contribution in [0.1, 0.15) is 17.7 Å². The van der Waals surface area contributed by atoms with E-state index in [1.54, 1.807) is 12.1 Å². The van der Waals surface area contributed by atoms with Crippen molar-refractivity contribution in [3.8, 4) is 0 Å². The van der Waals surface area contributed by atoms with Crippen molar-refractivity contribution in [3.05, 3.63) is 29.8 Å². The zero-order valence-electron chi connectivity index (χ0n) is 7.01. The zero-order valence-corrected chi connectivity index (χ0v) is 8.72. The van der Waals surface area contributed by atoms with Crippen LogP contribution in [0.4, 0.5) is 0 Å². The van der Waals surface area contributed by atoms with Crippen LogP contribution in [0.5, 0.6) is 0 Å². The van der Waals surface area contributed by atoms with Crippen molar-refractivity contribution in [1.82, 2.24) is 0 Å². The molecule has 0 saturated carbocycles. The van der Waals surface area contributed by atoms with Gasteiger partial charge in [-0.2, -0.15) is 21.0 Å². The van der Waals surface area contributed by atoms with E-state index in [2.05, 4.69) is 12.6 Å². The number of rotatable bonds is 2. The van der Waals surface area contributed by atoms with E-state index in [0.29, 0.717) is 0 Å². The van der Waals surface area contributed by atoms with Gasteiger partial charge in [-0.05, 0) is 24.6 Å². The van der Waals surface area contributed by atoms with Crippen LogP contribution in [0.25, 0.3) is 0 Å². The molecule has 13 heavy (non-hydrogen) atoms. The van der Waals surface area contributed by atoms with Gasteiger partial charge >= 0.3 is 0 Å². The van der Waals surface area contributed by atoms with Gasteiger partial charge in [0.15, 0.2) is 0 Å². The normalized spacial score (nSPS) is 14.1. The fraction of sp³-hybridized carbons (Fsp3) is 0.250. The largest absolute Gasteiger partial charge is 0.294 e. The highest BCUT2D eigenvalue weighted by Gasteiger charge is 2.09. The average molecular weight is 218 g/mol. The molecule has 0 saturated heterocycles. The molecule has 72 valence electrons. The van der Waals surface area contributed by atoms with E-state index in [0.717, 1.165) is 5.56 Å². The molecule has 0 aliphatic heterocycles. The molecule has 1 aromatic carbocycles. The lowest BCUT2D eigenvalue weighted by atomic mass is 10.2. The second-order valence-corrected chi connectivity index (χ2v) is 4.92. The molecule has 5 heteroatoms. The van der Waals surface area contributed by atoms with Gasteiger partial charge in [-0.1, -0.05) is 12.1 Å². The molecule has 0 bridgehead atoms. The summed E-state index contributed by atoms with van der Waals surface area (Å²) in [6.07, 6.45) is 0. The molecule has 0 aromatic heterocycles. The van der Waals surface area contributed by atoms with Crippen molar-refractivity contribution in [2.45, 2.75) is 17.1 Å². The second kappa shape index (κ2) is 3.69. The van der Waals surface area contributed by atoms with Crippen LogP contribution in [0, 0.1) is 0 Å². The van der Waals surface area contributed by atoms with E-state index in [1.807, 2.05) is 6.92 Å². The summed E-state index contributed by atoms with van der Waals surface area (Å²) in [6, 6.07) is 5.97. The summed E-state index contributed by atoms with van der Waals surface area (Å²) in [4.78, 5) is -0.0924. The minimum absolute atomic E-state index is 0.0513. The molecule has 1 aromatic rings. The number of hydrogen-bond donors (Lipinski definition) is 2. The summed E-state index contributed by atoms with van der Waals surface area (Å²) in [5.74, 6) is 0. The van der Waals surface area contributed by atoms with Gasteiger partial charge in [0.1, 0.15) is 0 Å². The van der Waals surface area contributed by atoms with E-state index in [4.69, 9.17) is 4.55 Å². The quantitative estimate of drug-likeness (QED) is 0.589. The Morgan fingerprint density at radius 1 is 1.31 bits per heavy atom. The Hall–Kier alpha value is -0.520. The van der Waals surface area contributed by atoms with Crippen LogP contribution in [0.3, 0.4) is 0 Å². The first kappa shape index (κ1) is 10.6. The Labute approximate surface area is 82.9 Å². The predicted molar refractivity (Wildman–Crippen MR) is 53.7 cm³/mol. The first-order valence-electron chi connectivity index (χ1n) is 3.67. The van der Waals surface area contributed by atoms with E-state index >= 15 is 0 Å². The average Bonchev–Trinajstić information content (AvgIpc) is 2.03. The molecular weight excluding hydrogens is 208 g/mol. The minimum atomic E-state index is -4.07. The smallest absolute Gasteiger partial charge is 0.282 e. The number of thiol groups is 1. The molecule has 0 fully saturated rings. The van der Waals surface area contributed by atoms with Crippen molar-refractivity contribution in [2.24, 2.45) is 0 Å². The third-order valence-electron chi connectivity index (χ3n) is 1.66. The third-order valence-corrected chi connectivity index (χ3v) is 2.83. The van der Waals surface area contributed by atoms with Crippen molar-refractivity contribution in [1.29, 1.82) is 0 Å². The summed E-state index contributed by atoms with van der Waals surface area (Å²) >= 11 is 4.18. The van der Waals surface area contributed by atoms with Crippen LogP contribution in [0.2, 0.25) is 0 Å². The number of benzene rings is 1. The fourth-order valence-electron chi connectivity index (χ4n) is 0.918. The van der Waals surface area contributed by atoms with Crippen LogP contribution in [0.15, 0.2) is 29.2 Å². The van der Waals surface area contributed by atoms with Gasteiger partial charge in [0.2, 0.25) is 0 Å². The summed E-state index contributed by atoms with van der Waals surface area (Å²) in [7, 11) is -4.07. The molecule has 1 atom stereocenters. The SMILES string of the molecule is CC(S)c1ccc(S(=O)(=O)O)cc1. The van der Waals surface area contributed by atoms with E-state index in [1.165, 1.54) is 12.1 Å². The molecule has 0 radical (unpaired) electrons. The van der Waals surface area contributed by atoms with Crippen LogP contribution in [-0.4, -0.2) is 13.0 Å². The Kier molecular flexibility index (Phi) is 3.00. The zero-order chi connectivity index (χ0) is 10.1. The molecule has 0 aliphatic rings. The standard InChI is InChI=1S/C8H10O3S2/c1-6(12)7-2-4-8(5-3-7)13(9,10)11/h2-6,12H,1H3,(H,9,10,11). The second-order valence-electron chi connectivity index (χ2n) is 2.72. The van der Waals surface area contributed by atoms with Crippen LogP contribution >= 0.6 is 12.6 Å². The lowest BCUT2D eigenvalue weighted by molar-refractivity contribution is 0.483. The highest BCUT2D eigenvalue weighted by atomic mass is 32.2. The Balaban J connectivity index is 3.08. The van der Waals surface area contributed by atoms with Crippen LogP contribution in [-0.2, 0) is 10.1 Å². The molecule has 3 nitrogen and oxygen atoms in total. The van der Waals surface area contributed by atoms with Gasteiger partial charge < -0.3 is 0 Å². The van der Waals surface area contributed by atoms with Crippen LogP contribution < -0.4 is 0 Å². The first-order chi connectivity index (χ1) is 5.91. The van der Waals surface area contributed by atoms with Gasteiger partial charge in [-0.25, -0.2) is 0 Å². The Morgan fingerprint density at radius 3 is 2.08 bits per heavy atom. The van der Waals surface area contributed by atoms with Crippen molar-refractivity contribution >= 4 is 22.7 Å². The highest BCUT2D eigenvalue weighted by Crippen LogP contribution is 2.20. The highest BCUT2D eigenvalue weighted by molar-refractivity contribution is 7.85. The van der Waals surface area contributed by atoms with Gasteiger partial charge in [-0.3, -0.25) is 4.55 Å². The lowest BCUT2D eigenvalue weighted by Crippen LogP contribution is -1.97. The summed E-state index contributed by atoms with van der Waals surface area (Å²) in [5.41, 5.74) is 0.913. The molecule has 0 aliphatic carbocycles. The molecule has 1 unspecified atom stereocenters. The van der Waals surface area contributed by atoms with Crippen molar-refractivity contribution in [3.63, 3.8) is 0 Å². The maximum absolute atomic E-state index is 10.7. The maximum atomic E-state index is 10.7. The Bertz CT molecular complexity index is 378. The van der Waals surface area contributed by atoms with Crippen molar-refractivity contribution < 1.29 is 13.0 Å². The topological polar surface area (TPSA) is 54.4 Å². The summed E-state index contributed by atoms with van der Waals surface area (Å²) < 4.78 is 30.0. The number of hydrogen-bond acceptors (Lipinski definition) is 3. The molecule has 1 N–H and O–H groups in total. The first-order valence-corrected chi connectivity index (χ1v) is 5.62. The van der Waals surface area contributed by atoms with Gasteiger partial charge in [0, 0.05) is 5.25 Å². The summed E-state index contributed by atoms with van der Waals surface area (Å²) in [5, 5.41) is 0.0513. The minimum Gasteiger partial charge on any atom is -0.282 e. The summed E-state index contributed by atoms with van der Waals surface area (Å²) in [6.45, 7) is 1.88. The lowest BCUT2D eigenvalue weighted by Gasteiger charge is -2.04. The molecular formula is C8H10O3S2. The molecule has 0 spiro atoms. The predicted octanol–water partition coefficient (Wildman–Crippen LogP) is 1.92.